The van der Waals surface area contributed by atoms with Crippen LogP contribution in [0.4, 0.5) is 0 Å². The van der Waals surface area contributed by atoms with E-state index in [4.69, 9.17) is 9.73 Å². The molecule has 3 rings (SSSR count). The van der Waals surface area contributed by atoms with E-state index in [0.29, 0.717) is 11.9 Å². The minimum Gasteiger partial charge on any atom is -0.381 e. The van der Waals surface area contributed by atoms with Crippen LogP contribution < -0.4 is 10.6 Å². The molecule has 2 N–H and O–H groups in total. The van der Waals surface area contributed by atoms with E-state index in [1.807, 2.05) is 11.8 Å². The highest BCUT2D eigenvalue weighted by atomic mass is 127. The predicted octanol–water partition coefficient (Wildman–Crippen LogP) is 3.25. The molecule has 1 atom stereocenters. The molecule has 1 aliphatic carbocycles. The monoisotopic (exact) mass is 538 g/mol. The zero-order valence-corrected chi connectivity index (χ0v) is 21.2. The standard InChI is InChI=1S/C21H38N4O2S.HI/c1-3-22-20(23-16-21(28-2)10-13-27-14-11-21)24-18-9-12-25(15-18)19(26)17-7-5-4-6-8-17;/h17-18H,3-16H2,1-2H3,(H2,22,23,24);1H. The first-order chi connectivity index (χ1) is 13.7. The summed E-state index contributed by atoms with van der Waals surface area (Å²) in [5.41, 5.74) is 0. The normalized spacial score (nSPS) is 25.4. The highest BCUT2D eigenvalue weighted by Gasteiger charge is 2.33. The van der Waals surface area contributed by atoms with Gasteiger partial charge >= 0.3 is 0 Å². The van der Waals surface area contributed by atoms with Crippen LogP contribution in [0.3, 0.4) is 0 Å². The molecule has 6 nitrogen and oxygen atoms in total. The summed E-state index contributed by atoms with van der Waals surface area (Å²) in [6, 6.07) is 0.297. The summed E-state index contributed by atoms with van der Waals surface area (Å²) >= 11 is 1.92. The van der Waals surface area contributed by atoms with Gasteiger partial charge in [-0.2, -0.15) is 11.8 Å². The lowest BCUT2D eigenvalue weighted by atomic mass is 9.88. The van der Waals surface area contributed by atoms with Crippen molar-refractivity contribution in [3.63, 3.8) is 0 Å². The summed E-state index contributed by atoms with van der Waals surface area (Å²) in [7, 11) is 0. The maximum absolute atomic E-state index is 12.8. The molecule has 8 heteroatoms. The van der Waals surface area contributed by atoms with Crippen LogP contribution in [0.2, 0.25) is 0 Å². The SMILES string of the molecule is CCNC(=NCC1(SC)CCOCC1)NC1CCN(C(=O)C2CCCCC2)C1.I. The molecule has 1 unspecified atom stereocenters. The van der Waals surface area contributed by atoms with Gasteiger partial charge < -0.3 is 20.3 Å². The van der Waals surface area contributed by atoms with Crippen molar-refractivity contribution in [1.82, 2.24) is 15.5 Å². The Bertz CT molecular complexity index is 537. The van der Waals surface area contributed by atoms with Crippen LogP contribution in [0.5, 0.6) is 0 Å². The fourth-order valence-electron chi connectivity index (χ4n) is 4.59. The number of carbonyl (C=O) groups excluding carboxylic acids is 1. The average molecular weight is 539 g/mol. The Morgan fingerprint density at radius 2 is 1.93 bits per heavy atom. The molecule has 2 heterocycles. The van der Waals surface area contributed by atoms with E-state index >= 15 is 0 Å². The Labute approximate surface area is 197 Å². The van der Waals surface area contributed by atoms with Crippen molar-refractivity contribution in [3.8, 4) is 0 Å². The van der Waals surface area contributed by atoms with Crippen LogP contribution in [0.25, 0.3) is 0 Å². The van der Waals surface area contributed by atoms with Gasteiger partial charge in [0.15, 0.2) is 5.96 Å². The first-order valence-electron chi connectivity index (χ1n) is 11.1. The molecule has 1 saturated carbocycles. The van der Waals surface area contributed by atoms with Crippen molar-refractivity contribution >= 4 is 47.6 Å². The molecule has 2 aliphatic heterocycles. The van der Waals surface area contributed by atoms with E-state index in [1.54, 1.807) is 0 Å². The number of amides is 1. The first-order valence-corrected chi connectivity index (χ1v) is 12.3. The third-order valence-corrected chi connectivity index (χ3v) is 7.91. The number of thioether (sulfide) groups is 1. The molecule has 0 aromatic rings. The predicted molar refractivity (Wildman–Crippen MR) is 132 cm³/mol. The zero-order chi connectivity index (χ0) is 19.8. The van der Waals surface area contributed by atoms with Crippen molar-refractivity contribution in [3.05, 3.63) is 0 Å². The van der Waals surface area contributed by atoms with E-state index in [2.05, 4.69) is 28.7 Å². The maximum atomic E-state index is 12.8. The topological polar surface area (TPSA) is 66.0 Å². The van der Waals surface area contributed by atoms with Crippen LogP contribution in [0, 0.1) is 5.92 Å². The Morgan fingerprint density at radius 1 is 1.21 bits per heavy atom. The molecule has 2 saturated heterocycles. The van der Waals surface area contributed by atoms with Crippen LogP contribution in [0.1, 0.15) is 58.3 Å². The van der Waals surface area contributed by atoms with E-state index in [-0.39, 0.29) is 34.6 Å². The van der Waals surface area contributed by atoms with E-state index in [1.165, 1.54) is 19.3 Å². The summed E-state index contributed by atoms with van der Waals surface area (Å²) in [6.07, 6.45) is 11.2. The number of carbonyl (C=O) groups is 1. The van der Waals surface area contributed by atoms with Gasteiger partial charge in [0.1, 0.15) is 0 Å². The minimum absolute atomic E-state index is 0. The molecule has 168 valence electrons. The quantitative estimate of drug-likeness (QED) is 0.309. The van der Waals surface area contributed by atoms with Gasteiger partial charge in [-0.05, 0) is 45.3 Å². The summed E-state index contributed by atoms with van der Waals surface area (Å²) in [5, 5.41) is 6.98. The lowest BCUT2D eigenvalue weighted by molar-refractivity contribution is -0.135. The number of aliphatic imine (C=N–C) groups is 1. The number of hydrogen-bond donors (Lipinski definition) is 2. The molecule has 0 aromatic carbocycles. The highest BCUT2D eigenvalue weighted by molar-refractivity contribution is 14.0. The van der Waals surface area contributed by atoms with Crippen molar-refractivity contribution in [2.75, 3.05) is 45.6 Å². The van der Waals surface area contributed by atoms with E-state index < -0.39 is 0 Å². The second-order valence-electron chi connectivity index (χ2n) is 8.44. The van der Waals surface area contributed by atoms with Crippen molar-refractivity contribution in [2.45, 2.75) is 69.1 Å². The molecular formula is C21H39IN4O2S. The van der Waals surface area contributed by atoms with Crippen molar-refractivity contribution in [1.29, 1.82) is 0 Å². The summed E-state index contributed by atoms with van der Waals surface area (Å²) in [5.74, 6) is 1.54. The molecule has 29 heavy (non-hydrogen) atoms. The fraction of sp³-hybridized carbons (Fsp3) is 0.905. The molecule has 3 fully saturated rings. The number of likely N-dealkylation sites (tertiary alicyclic amines) is 1. The Hall–Kier alpha value is -0.220. The summed E-state index contributed by atoms with van der Waals surface area (Å²) < 4.78 is 5.74. The van der Waals surface area contributed by atoms with Crippen molar-refractivity contribution < 1.29 is 9.53 Å². The Balaban J connectivity index is 0.00000300. The van der Waals surface area contributed by atoms with Gasteiger partial charge in [0, 0.05) is 49.6 Å². The smallest absolute Gasteiger partial charge is 0.225 e. The lowest BCUT2D eigenvalue weighted by Gasteiger charge is -2.34. The van der Waals surface area contributed by atoms with Crippen molar-refractivity contribution in [2.24, 2.45) is 10.9 Å². The number of hydrogen-bond acceptors (Lipinski definition) is 4. The van der Waals surface area contributed by atoms with Crippen LogP contribution in [-0.4, -0.2) is 73.2 Å². The number of guanidine groups is 1. The number of rotatable bonds is 6. The van der Waals surface area contributed by atoms with Crippen LogP contribution in [-0.2, 0) is 9.53 Å². The van der Waals surface area contributed by atoms with Gasteiger partial charge in [-0.3, -0.25) is 9.79 Å². The zero-order valence-electron chi connectivity index (χ0n) is 18.1. The van der Waals surface area contributed by atoms with Gasteiger partial charge in [0.2, 0.25) is 5.91 Å². The summed E-state index contributed by atoms with van der Waals surface area (Å²) in [6.45, 7) is 7.11. The highest BCUT2D eigenvalue weighted by Crippen LogP contribution is 2.34. The van der Waals surface area contributed by atoms with E-state index in [0.717, 1.165) is 77.5 Å². The lowest BCUT2D eigenvalue weighted by Crippen LogP contribution is -2.46. The van der Waals surface area contributed by atoms with Gasteiger partial charge in [-0.1, -0.05) is 19.3 Å². The molecule has 0 spiro atoms. The maximum Gasteiger partial charge on any atom is 0.225 e. The molecule has 0 bridgehead atoms. The van der Waals surface area contributed by atoms with Crippen LogP contribution >= 0.6 is 35.7 Å². The van der Waals surface area contributed by atoms with Gasteiger partial charge in [-0.25, -0.2) is 0 Å². The molecule has 1 amide bonds. The number of nitrogens with zero attached hydrogens (tertiary/aromatic N) is 2. The fourth-order valence-corrected chi connectivity index (χ4v) is 5.36. The Kier molecular flexibility index (Phi) is 10.9. The first kappa shape index (κ1) is 25.0. The minimum atomic E-state index is 0. The molecule has 0 radical (unpaired) electrons. The van der Waals surface area contributed by atoms with Gasteiger partial charge in [0.05, 0.1) is 6.54 Å². The third-order valence-electron chi connectivity index (χ3n) is 6.50. The second-order valence-corrected chi connectivity index (χ2v) is 9.72. The van der Waals surface area contributed by atoms with Crippen LogP contribution in [0.15, 0.2) is 4.99 Å². The Morgan fingerprint density at radius 3 is 2.59 bits per heavy atom. The third kappa shape index (κ3) is 7.16. The number of ether oxygens (including phenoxy) is 1. The number of halogens is 1. The summed E-state index contributed by atoms with van der Waals surface area (Å²) in [4.78, 5) is 19.8. The molecular weight excluding hydrogens is 499 g/mol. The average Bonchev–Trinajstić information content (AvgIpc) is 3.21. The molecule has 0 aromatic heterocycles. The second kappa shape index (κ2) is 12.6. The van der Waals surface area contributed by atoms with E-state index in [9.17, 15) is 4.79 Å². The molecule has 3 aliphatic rings. The van der Waals surface area contributed by atoms with Gasteiger partial charge in [-0.15, -0.1) is 24.0 Å². The van der Waals surface area contributed by atoms with Gasteiger partial charge in [0.25, 0.3) is 0 Å². The number of nitrogens with one attached hydrogen (secondary N) is 2. The largest absolute Gasteiger partial charge is 0.381 e.